The lowest BCUT2D eigenvalue weighted by atomic mass is 10.1. The minimum absolute atomic E-state index is 0.00129. The van der Waals surface area contributed by atoms with E-state index < -0.39 is 0 Å². The minimum atomic E-state index is -0.361. The number of amides is 1. The number of carbonyl (C=O) groups excluding carboxylic acids is 2. The van der Waals surface area contributed by atoms with Crippen LogP contribution in [0.2, 0.25) is 0 Å². The summed E-state index contributed by atoms with van der Waals surface area (Å²) in [5, 5.41) is 5.71. The number of ether oxygens (including phenoxy) is 1. The second kappa shape index (κ2) is 7.45. The number of carbonyl (C=O) groups is 2. The first-order chi connectivity index (χ1) is 8.67. The van der Waals surface area contributed by atoms with E-state index in [-0.39, 0.29) is 11.9 Å². The fraction of sp³-hybridized carbons (Fsp3) is 0.385. The molecule has 0 fully saturated rings. The van der Waals surface area contributed by atoms with Gasteiger partial charge in [0.05, 0.1) is 12.7 Å². The second-order valence-corrected chi connectivity index (χ2v) is 3.82. The molecule has 0 spiro atoms. The average Bonchev–Trinajstić information content (AvgIpc) is 2.42. The molecule has 0 saturated carbocycles. The van der Waals surface area contributed by atoms with Gasteiger partial charge in [0, 0.05) is 19.5 Å². The van der Waals surface area contributed by atoms with Gasteiger partial charge in [0.2, 0.25) is 5.91 Å². The van der Waals surface area contributed by atoms with Crippen LogP contribution in [0.25, 0.3) is 0 Å². The Bertz CT molecular complexity index is 401. The maximum Gasteiger partial charge on any atom is 0.337 e. The van der Waals surface area contributed by atoms with Crippen LogP contribution in [-0.2, 0) is 16.1 Å². The molecular formula is C13H18N2O3. The van der Waals surface area contributed by atoms with E-state index in [1.807, 2.05) is 0 Å². The summed E-state index contributed by atoms with van der Waals surface area (Å²) in [6.07, 6.45) is 0.455. The van der Waals surface area contributed by atoms with Crippen LogP contribution in [0.3, 0.4) is 0 Å². The Morgan fingerprint density at radius 2 is 1.89 bits per heavy atom. The molecule has 1 aromatic rings. The van der Waals surface area contributed by atoms with Gasteiger partial charge < -0.3 is 15.4 Å². The van der Waals surface area contributed by atoms with Crippen molar-refractivity contribution in [3.63, 3.8) is 0 Å². The zero-order chi connectivity index (χ0) is 13.4. The van der Waals surface area contributed by atoms with Gasteiger partial charge in [-0.3, -0.25) is 4.79 Å². The molecule has 5 nitrogen and oxygen atoms in total. The molecule has 0 atom stereocenters. The Hall–Kier alpha value is -1.88. The van der Waals surface area contributed by atoms with Crippen molar-refractivity contribution < 1.29 is 14.3 Å². The number of benzene rings is 1. The molecule has 0 aliphatic carbocycles. The first-order valence-electron chi connectivity index (χ1n) is 5.76. The summed E-state index contributed by atoms with van der Waals surface area (Å²) < 4.78 is 4.60. The summed E-state index contributed by atoms with van der Waals surface area (Å²) in [5.41, 5.74) is 1.45. The molecule has 1 amide bonds. The van der Waals surface area contributed by atoms with E-state index in [0.717, 1.165) is 5.56 Å². The van der Waals surface area contributed by atoms with Crippen LogP contribution < -0.4 is 10.6 Å². The van der Waals surface area contributed by atoms with Gasteiger partial charge in [-0.2, -0.15) is 0 Å². The number of esters is 1. The smallest absolute Gasteiger partial charge is 0.337 e. The standard InChI is InChI=1S/C13H18N2O3/c1-14-8-7-12(16)15-9-10-3-5-11(6-4-10)13(17)18-2/h3-6,14H,7-9H2,1-2H3,(H,15,16). The van der Waals surface area contributed by atoms with Gasteiger partial charge in [-0.05, 0) is 24.7 Å². The van der Waals surface area contributed by atoms with Crippen molar-refractivity contribution in [2.24, 2.45) is 0 Å². The topological polar surface area (TPSA) is 67.4 Å². The van der Waals surface area contributed by atoms with E-state index in [1.54, 1.807) is 31.3 Å². The number of hydrogen-bond acceptors (Lipinski definition) is 4. The fourth-order valence-electron chi connectivity index (χ4n) is 1.40. The van der Waals surface area contributed by atoms with Crippen LogP contribution in [0, 0.1) is 0 Å². The first kappa shape index (κ1) is 14.2. The first-order valence-corrected chi connectivity index (χ1v) is 5.76. The predicted octanol–water partition coefficient (Wildman–Crippen LogP) is 0.699. The van der Waals surface area contributed by atoms with Crippen molar-refractivity contribution in [1.29, 1.82) is 0 Å². The van der Waals surface area contributed by atoms with Crippen molar-refractivity contribution >= 4 is 11.9 Å². The zero-order valence-electron chi connectivity index (χ0n) is 10.7. The van der Waals surface area contributed by atoms with Crippen LogP contribution >= 0.6 is 0 Å². The fourth-order valence-corrected chi connectivity index (χ4v) is 1.40. The highest BCUT2D eigenvalue weighted by atomic mass is 16.5. The average molecular weight is 250 g/mol. The van der Waals surface area contributed by atoms with Crippen LogP contribution in [0.5, 0.6) is 0 Å². The summed E-state index contributed by atoms with van der Waals surface area (Å²) in [5.74, 6) is -0.360. The molecule has 0 radical (unpaired) electrons. The van der Waals surface area contributed by atoms with E-state index in [0.29, 0.717) is 25.1 Å². The second-order valence-electron chi connectivity index (χ2n) is 3.82. The van der Waals surface area contributed by atoms with Crippen LogP contribution in [0.1, 0.15) is 22.3 Å². The SMILES string of the molecule is CNCCC(=O)NCc1ccc(C(=O)OC)cc1. The highest BCUT2D eigenvalue weighted by Crippen LogP contribution is 2.05. The third-order valence-electron chi connectivity index (χ3n) is 2.47. The highest BCUT2D eigenvalue weighted by molar-refractivity contribution is 5.89. The largest absolute Gasteiger partial charge is 0.465 e. The number of rotatable bonds is 6. The zero-order valence-corrected chi connectivity index (χ0v) is 10.7. The third kappa shape index (κ3) is 4.55. The van der Waals surface area contributed by atoms with Crippen molar-refractivity contribution in [3.05, 3.63) is 35.4 Å². The number of methoxy groups -OCH3 is 1. The molecule has 0 aromatic heterocycles. The summed E-state index contributed by atoms with van der Waals surface area (Å²) >= 11 is 0. The van der Waals surface area contributed by atoms with Crippen LogP contribution in [-0.4, -0.2) is 32.6 Å². The maximum atomic E-state index is 11.4. The molecular weight excluding hydrogens is 232 g/mol. The lowest BCUT2D eigenvalue weighted by Crippen LogP contribution is -2.26. The quantitative estimate of drug-likeness (QED) is 0.729. The van der Waals surface area contributed by atoms with E-state index in [9.17, 15) is 9.59 Å². The normalized spacial score (nSPS) is 9.89. The van der Waals surface area contributed by atoms with Gasteiger partial charge in [-0.1, -0.05) is 12.1 Å². The molecule has 5 heteroatoms. The Labute approximate surface area is 107 Å². The number of nitrogens with one attached hydrogen (secondary N) is 2. The molecule has 1 rings (SSSR count). The Balaban J connectivity index is 2.44. The minimum Gasteiger partial charge on any atom is -0.465 e. The maximum absolute atomic E-state index is 11.4. The Morgan fingerprint density at radius 1 is 1.22 bits per heavy atom. The predicted molar refractivity (Wildman–Crippen MR) is 68.2 cm³/mol. The Kier molecular flexibility index (Phi) is 5.87. The monoisotopic (exact) mass is 250 g/mol. The molecule has 0 aliphatic heterocycles. The lowest BCUT2D eigenvalue weighted by Gasteiger charge is -2.06. The van der Waals surface area contributed by atoms with Gasteiger partial charge in [-0.15, -0.1) is 0 Å². The molecule has 1 aromatic carbocycles. The van der Waals surface area contributed by atoms with Gasteiger partial charge in [0.25, 0.3) is 0 Å². The summed E-state index contributed by atoms with van der Waals surface area (Å²) in [4.78, 5) is 22.6. The molecule has 2 N–H and O–H groups in total. The van der Waals surface area contributed by atoms with E-state index in [1.165, 1.54) is 7.11 Å². The number of hydrogen-bond donors (Lipinski definition) is 2. The van der Waals surface area contributed by atoms with E-state index >= 15 is 0 Å². The van der Waals surface area contributed by atoms with Gasteiger partial charge in [0.15, 0.2) is 0 Å². The van der Waals surface area contributed by atoms with E-state index in [4.69, 9.17) is 0 Å². The third-order valence-corrected chi connectivity index (χ3v) is 2.47. The summed E-state index contributed by atoms with van der Waals surface area (Å²) in [7, 11) is 3.15. The molecule has 0 bridgehead atoms. The van der Waals surface area contributed by atoms with Crippen molar-refractivity contribution in [2.75, 3.05) is 20.7 Å². The summed E-state index contributed by atoms with van der Waals surface area (Å²) in [6, 6.07) is 6.96. The molecule has 0 unspecified atom stereocenters. The lowest BCUT2D eigenvalue weighted by molar-refractivity contribution is -0.121. The van der Waals surface area contributed by atoms with Crippen molar-refractivity contribution in [2.45, 2.75) is 13.0 Å². The summed E-state index contributed by atoms with van der Waals surface area (Å²) in [6.45, 7) is 1.12. The molecule has 18 heavy (non-hydrogen) atoms. The molecule has 0 heterocycles. The highest BCUT2D eigenvalue weighted by Gasteiger charge is 2.05. The van der Waals surface area contributed by atoms with E-state index in [2.05, 4.69) is 15.4 Å². The molecule has 0 saturated heterocycles. The van der Waals surface area contributed by atoms with Crippen LogP contribution in [0.15, 0.2) is 24.3 Å². The molecule has 98 valence electrons. The molecule has 0 aliphatic rings. The van der Waals surface area contributed by atoms with Crippen molar-refractivity contribution in [1.82, 2.24) is 10.6 Å². The van der Waals surface area contributed by atoms with Crippen LogP contribution in [0.4, 0.5) is 0 Å². The van der Waals surface area contributed by atoms with Gasteiger partial charge in [0.1, 0.15) is 0 Å². The van der Waals surface area contributed by atoms with Gasteiger partial charge in [-0.25, -0.2) is 4.79 Å². The Morgan fingerprint density at radius 3 is 2.44 bits per heavy atom. The van der Waals surface area contributed by atoms with Crippen molar-refractivity contribution in [3.8, 4) is 0 Å². The van der Waals surface area contributed by atoms with Gasteiger partial charge >= 0.3 is 5.97 Å².